The zero-order valence-corrected chi connectivity index (χ0v) is 16.9. The molecule has 0 aliphatic rings. The fourth-order valence-electron chi connectivity index (χ4n) is 2.87. The smallest absolute Gasteiger partial charge is 0.368 e. The summed E-state index contributed by atoms with van der Waals surface area (Å²) >= 11 is 0. The van der Waals surface area contributed by atoms with Gasteiger partial charge in [0.05, 0.1) is 30.8 Å². The second-order valence-corrected chi connectivity index (χ2v) is 6.60. The summed E-state index contributed by atoms with van der Waals surface area (Å²) in [6.07, 6.45) is 4.71. The number of esters is 1. The Hall–Kier alpha value is -4.40. The van der Waals surface area contributed by atoms with Gasteiger partial charge in [0.2, 0.25) is 5.69 Å². The molecule has 9 heteroatoms. The van der Waals surface area contributed by atoms with Gasteiger partial charge in [-0.15, -0.1) is 0 Å². The minimum atomic E-state index is -0.654. The van der Waals surface area contributed by atoms with Crippen LogP contribution in [0.25, 0.3) is 5.69 Å². The van der Waals surface area contributed by atoms with E-state index in [1.165, 1.54) is 13.3 Å². The summed E-state index contributed by atoms with van der Waals surface area (Å²) in [5.41, 5.74) is 1.84. The first kappa shape index (κ1) is 19.9. The summed E-state index contributed by atoms with van der Waals surface area (Å²) in [7, 11) is 3.20. The van der Waals surface area contributed by atoms with Crippen LogP contribution in [0.2, 0.25) is 0 Å². The SMILES string of the molecule is COc1cn(-c2ccccc2)nc1C(=O)Oc1ccc(NC(=O)c2cnn(C)c2)cc1. The Kier molecular flexibility index (Phi) is 5.48. The number of hydrogen-bond donors (Lipinski definition) is 1. The quantitative estimate of drug-likeness (QED) is 0.382. The second-order valence-electron chi connectivity index (χ2n) is 6.60. The van der Waals surface area contributed by atoms with Crippen LogP contribution in [0, 0.1) is 0 Å². The van der Waals surface area contributed by atoms with Crippen LogP contribution >= 0.6 is 0 Å². The third-order valence-electron chi connectivity index (χ3n) is 4.40. The summed E-state index contributed by atoms with van der Waals surface area (Å²) in [5, 5.41) is 11.0. The number of aryl methyl sites for hydroxylation is 1. The second kappa shape index (κ2) is 8.54. The van der Waals surface area contributed by atoms with Crippen molar-refractivity contribution in [2.75, 3.05) is 12.4 Å². The average Bonchev–Trinajstić information content (AvgIpc) is 3.42. The summed E-state index contributed by atoms with van der Waals surface area (Å²) in [6, 6.07) is 15.8. The van der Waals surface area contributed by atoms with Crippen molar-refractivity contribution in [1.82, 2.24) is 19.6 Å². The average molecular weight is 417 g/mol. The molecule has 4 aromatic rings. The van der Waals surface area contributed by atoms with Gasteiger partial charge in [-0.3, -0.25) is 9.48 Å². The molecule has 1 N–H and O–H groups in total. The van der Waals surface area contributed by atoms with Gasteiger partial charge in [0.15, 0.2) is 5.75 Å². The molecule has 4 rings (SSSR count). The number of anilines is 1. The van der Waals surface area contributed by atoms with E-state index in [1.807, 2.05) is 30.3 Å². The van der Waals surface area contributed by atoms with Crippen LogP contribution in [-0.4, -0.2) is 38.5 Å². The van der Waals surface area contributed by atoms with E-state index in [-0.39, 0.29) is 11.6 Å². The first-order valence-corrected chi connectivity index (χ1v) is 9.35. The zero-order chi connectivity index (χ0) is 21.8. The van der Waals surface area contributed by atoms with Gasteiger partial charge >= 0.3 is 5.97 Å². The van der Waals surface area contributed by atoms with E-state index in [1.54, 1.807) is 53.1 Å². The Morgan fingerprint density at radius 2 is 1.74 bits per heavy atom. The van der Waals surface area contributed by atoms with Crippen LogP contribution in [0.5, 0.6) is 11.5 Å². The fraction of sp³-hybridized carbons (Fsp3) is 0.0909. The number of rotatable bonds is 6. The van der Waals surface area contributed by atoms with Gasteiger partial charge in [0.1, 0.15) is 5.75 Å². The maximum Gasteiger partial charge on any atom is 0.368 e. The Morgan fingerprint density at radius 3 is 2.39 bits per heavy atom. The predicted molar refractivity (Wildman–Crippen MR) is 113 cm³/mol. The number of amides is 1. The number of nitrogens with one attached hydrogen (secondary N) is 1. The van der Waals surface area contributed by atoms with Crippen molar-refractivity contribution in [3.05, 3.63) is 84.4 Å². The number of carbonyl (C=O) groups is 2. The van der Waals surface area contributed by atoms with Crippen LogP contribution in [0.15, 0.2) is 73.2 Å². The molecule has 0 radical (unpaired) electrons. The maximum atomic E-state index is 12.6. The lowest BCUT2D eigenvalue weighted by atomic mass is 10.2. The van der Waals surface area contributed by atoms with Crippen LogP contribution in [-0.2, 0) is 7.05 Å². The molecule has 156 valence electrons. The minimum absolute atomic E-state index is 0.0558. The number of aromatic nitrogens is 4. The van der Waals surface area contributed by atoms with Gasteiger partial charge in [-0.2, -0.15) is 10.2 Å². The first-order valence-electron chi connectivity index (χ1n) is 9.35. The number of benzene rings is 2. The highest BCUT2D eigenvalue weighted by Gasteiger charge is 2.20. The molecule has 1 amide bonds. The molecule has 0 atom stereocenters. The topological polar surface area (TPSA) is 100 Å². The van der Waals surface area contributed by atoms with Gasteiger partial charge in [-0.1, -0.05) is 18.2 Å². The van der Waals surface area contributed by atoms with Crippen molar-refractivity contribution >= 4 is 17.6 Å². The molecular weight excluding hydrogens is 398 g/mol. The minimum Gasteiger partial charge on any atom is -0.493 e. The lowest BCUT2D eigenvalue weighted by molar-refractivity contribution is 0.0724. The molecule has 0 bridgehead atoms. The third kappa shape index (κ3) is 4.45. The molecule has 0 saturated carbocycles. The predicted octanol–water partition coefficient (Wildman–Crippen LogP) is 3.09. The summed E-state index contributed by atoms with van der Waals surface area (Å²) in [4.78, 5) is 24.8. The number of carbonyl (C=O) groups excluding carboxylic acids is 2. The molecule has 0 spiro atoms. The lowest BCUT2D eigenvalue weighted by Gasteiger charge is -2.06. The van der Waals surface area contributed by atoms with Crippen molar-refractivity contribution in [3.8, 4) is 17.2 Å². The molecule has 0 aliphatic heterocycles. The molecule has 31 heavy (non-hydrogen) atoms. The Balaban J connectivity index is 1.45. The van der Waals surface area contributed by atoms with E-state index in [0.29, 0.717) is 22.7 Å². The van der Waals surface area contributed by atoms with Gasteiger partial charge < -0.3 is 14.8 Å². The van der Waals surface area contributed by atoms with E-state index in [2.05, 4.69) is 15.5 Å². The Bertz CT molecular complexity index is 1210. The van der Waals surface area contributed by atoms with Crippen LogP contribution in [0.4, 0.5) is 5.69 Å². The highest BCUT2D eigenvalue weighted by Crippen LogP contribution is 2.23. The lowest BCUT2D eigenvalue weighted by Crippen LogP contribution is -2.12. The van der Waals surface area contributed by atoms with Crippen LogP contribution in [0.1, 0.15) is 20.8 Å². The molecule has 2 aromatic carbocycles. The van der Waals surface area contributed by atoms with Crippen LogP contribution < -0.4 is 14.8 Å². The molecule has 2 aromatic heterocycles. The molecule has 2 heterocycles. The highest BCUT2D eigenvalue weighted by molar-refractivity contribution is 6.04. The third-order valence-corrected chi connectivity index (χ3v) is 4.40. The van der Waals surface area contributed by atoms with E-state index >= 15 is 0 Å². The molecule has 0 aliphatic carbocycles. The number of nitrogens with zero attached hydrogens (tertiary/aromatic N) is 4. The Labute approximate surface area is 177 Å². The zero-order valence-electron chi connectivity index (χ0n) is 16.9. The standard InChI is InChI=1S/C22H19N5O4/c1-26-13-15(12-23-26)21(28)24-16-8-10-18(11-9-16)31-22(29)20-19(30-2)14-27(25-20)17-6-4-3-5-7-17/h3-14H,1-2H3,(H,24,28). The molecule has 0 unspecified atom stereocenters. The van der Waals surface area contributed by atoms with E-state index < -0.39 is 5.97 Å². The molecular formula is C22H19N5O4. The van der Waals surface area contributed by atoms with Crippen molar-refractivity contribution in [2.45, 2.75) is 0 Å². The first-order chi connectivity index (χ1) is 15.0. The monoisotopic (exact) mass is 417 g/mol. The van der Waals surface area contributed by atoms with Gasteiger partial charge in [0.25, 0.3) is 5.91 Å². The number of hydrogen-bond acceptors (Lipinski definition) is 6. The molecule has 0 saturated heterocycles. The Morgan fingerprint density at radius 1 is 1.00 bits per heavy atom. The van der Waals surface area contributed by atoms with Gasteiger partial charge in [-0.25, -0.2) is 9.48 Å². The van der Waals surface area contributed by atoms with E-state index in [4.69, 9.17) is 9.47 Å². The van der Waals surface area contributed by atoms with Crippen molar-refractivity contribution in [1.29, 1.82) is 0 Å². The van der Waals surface area contributed by atoms with Crippen molar-refractivity contribution < 1.29 is 19.1 Å². The van der Waals surface area contributed by atoms with Gasteiger partial charge in [0, 0.05) is 18.9 Å². The maximum absolute atomic E-state index is 12.6. The summed E-state index contributed by atoms with van der Waals surface area (Å²) < 4.78 is 13.8. The van der Waals surface area contributed by atoms with E-state index in [0.717, 1.165) is 5.69 Å². The van der Waals surface area contributed by atoms with Gasteiger partial charge in [-0.05, 0) is 36.4 Å². The van der Waals surface area contributed by atoms with Crippen molar-refractivity contribution in [3.63, 3.8) is 0 Å². The molecule has 0 fully saturated rings. The van der Waals surface area contributed by atoms with E-state index in [9.17, 15) is 9.59 Å². The van der Waals surface area contributed by atoms with Crippen molar-refractivity contribution in [2.24, 2.45) is 7.05 Å². The number of ether oxygens (including phenoxy) is 2. The highest BCUT2D eigenvalue weighted by atomic mass is 16.5. The summed E-state index contributed by atoms with van der Waals surface area (Å²) in [6.45, 7) is 0. The van der Waals surface area contributed by atoms with Crippen LogP contribution in [0.3, 0.4) is 0 Å². The number of para-hydroxylation sites is 1. The fourth-order valence-corrected chi connectivity index (χ4v) is 2.87. The normalized spacial score (nSPS) is 10.5. The largest absolute Gasteiger partial charge is 0.493 e. The number of methoxy groups -OCH3 is 1. The summed E-state index contributed by atoms with van der Waals surface area (Å²) in [5.74, 6) is -0.331. The molecule has 9 nitrogen and oxygen atoms in total.